The van der Waals surface area contributed by atoms with Gasteiger partial charge in [0.25, 0.3) is 0 Å². The zero-order valence-electron chi connectivity index (χ0n) is 8.36. The SMILES string of the molecule is Clc1ccccc1COc1cncc(Br)c1. The smallest absolute Gasteiger partial charge is 0.139 e. The molecule has 2 rings (SSSR count). The fourth-order valence-electron chi connectivity index (χ4n) is 1.25. The van der Waals surface area contributed by atoms with Crippen LogP contribution in [0.25, 0.3) is 0 Å². The summed E-state index contributed by atoms with van der Waals surface area (Å²) < 4.78 is 6.47. The molecule has 0 atom stereocenters. The van der Waals surface area contributed by atoms with Crippen molar-refractivity contribution in [2.24, 2.45) is 0 Å². The van der Waals surface area contributed by atoms with E-state index in [1.54, 1.807) is 12.4 Å². The van der Waals surface area contributed by atoms with E-state index in [2.05, 4.69) is 20.9 Å². The van der Waals surface area contributed by atoms with Crippen LogP contribution in [0.3, 0.4) is 0 Å². The highest BCUT2D eigenvalue weighted by Gasteiger charge is 2.00. The van der Waals surface area contributed by atoms with Crippen molar-refractivity contribution in [3.8, 4) is 5.75 Å². The maximum Gasteiger partial charge on any atom is 0.139 e. The number of rotatable bonds is 3. The minimum atomic E-state index is 0.442. The fourth-order valence-corrected chi connectivity index (χ4v) is 1.78. The number of pyridine rings is 1. The van der Waals surface area contributed by atoms with E-state index in [1.165, 1.54) is 0 Å². The lowest BCUT2D eigenvalue weighted by molar-refractivity contribution is 0.305. The van der Waals surface area contributed by atoms with E-state index in [-0.39, 0.29) is 0 Å². The molecule has 2 nitrogen and oxygen atoms in total. The largest absolute Gasteiger partial charge is 0.487 e. The molecular formula is C12H9BrClNO. The van der Waals surface area contributed by atoms with E-state index >= 15 is 0 Å². The van der Waals surface area contributed by atoms with E-state index in [0.29, 0.717) is 17.4 Å². The molecule has 0 saturated carbocycles. The molecule has 0 aliphatic carbocycles. The second-order valence-corrected chi connectivity index (χ2v) is 4.54. The van der Waals surface area contributed by atoms with Crippen molar-refractivity contribution in [3.05, 3.63) is 57.8 Å². The van der Waals surface area contributed by atoms with E-state index in [0.717, 1.165) is 10.0 Å². The summed E-state index contributed by atoms with van der Waals surface area (Å²) in [5.41, 5.74) is 0.962. The van der Waals surface area contributed by atoms with E-state index in [4.69, 9.17) is 16.3 Å². The molecule has 0 fully saturated rings. The van der Waals surface area contributed by atoms with Crippen molar-refractivity contribution in [2.75, 3.05) is 0 Å². The molecule has 0 bridgehead atoms. The van der Waals surface area contributed by atoms with E-state index in [9.17, 15) is 0 Å². The fraction of sp³-hybridized carbons (Fsp3) is 0.0833. The maximum absolute atomic E-state index is 6.02. The first-order chi connectivity index (χ1) is 7.75. The van der Waals surface area contributed by atoms with Gasteiger partial charge < -0.3 is 4.74 Å². The lowest BCUT2D eigenvalue weighted by atomic mass is 10.2. The van der Waals surface area contributed by atoms with Crippen molar-refractivity contribution >= 4 is 27.5 Å². The summed E-state index contributed by atoms with van der Waals surface area (Å²) in [5, 5.41) is 0.713. The molecule has 1 aromatic carbocycles. The standard InChI is InChI=1S/C12H9BrClNO/c13-10-5-11(7-15-6-10)16-8-9-3-1-2-4-12(9)14/h1-7H,8H2. The van der Waals surface area contributed by atoms with Crippen LogP contribution in [0.15, 0.2) is 47.2 Å². The number of nitrogens with zero attached hydrogens (tertiary/aromatic N) is 1. The van der Waals surface area contributed by atoms with Gasteiger partial charge in [0.2, 0.25) is 0 Å². The lowest BCUT2D eigenvalue weighted by Gasteiger charge is -2.07. The average molecular weight is 299 g/mol. The quantitative estimate of drug-likeness (QED) is 0.852. The molecule has 1 heterocycles. The van der Waals surface area contributed by atoms with Gasteiger partial charge in [-0.15, -0.1) is 0 Å². The van der Waals surface area contributed by atoms with Gasteiger partial charge in [-0.25, -0.2) is 0 Å². The van der Waals surface area contributed by atoms with Crippen LogP contribution >= 0.6 is 27.5 Å². The van der Waals surface area contributed by atoms with Gasteiger partial charge in [0.15, 0.2) is 0 Å². The van der Waals surface area contributed by atoms with Crippen LogP contribution in [0.5, 0.6) is 5.75 Å². The Morgan fingerprint density at radius 2 is 2.06 bits per heavy atom. The third-order valence-electron chi connectivity index (χ3n) is 2.03. The third-order valence-corrected chi connectivity index (χ3v) is 2.83. The Balaban J connectivity index is 2.05. The topological polar surface area (TPSA) is 22.1 Å². The summed E-state index contributed by atoms with van der Waals surface area (Å²) in [4.78, 5) is 4.01. The van der Waals surface area contributed by atoms with Crippen molar-refractivity contribution in [1.82, 2.24) is 4.98 Å². The Kier molecular flexibility index (Phi) is 3.80. The highest BCUT2D eigenvalue weighted by atomic mass is 79.9. The molecule has 2 aromatic rings. The van der Waals surface area contributed by atoms with Gasteiger partial charge >= 0.3 is 0 Å². The molecule has 16 heavy (non-hydrogen) atoms. The Morgan fingerprint density at radius 3 is 2.81 bits per heavy atom. The first-order valence-corrected chi connectivity index (χ1v) is 5.89. The summed E-state index contributed by atoms with van der Waals surface area (Å²) in [6, 6.07) is 9.48. The van der Waals surface area contributed by atoms with Crippen LogP contribution in [0.1, 0.15) is 5.56 Å². The molecule has 4 heteroatoms. The Labute approximate surface area is 107 Å². The second-order valence-electron chi connectivity index (χ2n) is 3.22. The zero-order chi connectivity index (χ0) is 11.4. The maximum atomic E-state index is 6.02. The van der Waals surface area contributed by atoms with Gasteiger partial charge in [-0.05, 0) is 28.1 Å². The Morgan fingerprint density at radius 1 is 1.25 bits per heavy atom. The molecule has 0 aliphatic heterocycles. The van der Waals surface area contributed by atoms with Gasteiger partial charge in [0, 0.05) is 21.3 Å². The summed E-state index contributed by atoms with van der Waals surface area (Å²) in [7, 11) is 0. The van der Waals surface area contributed by atoms with Gasteiger partial charge in [-0.1, -0.05) is 29.8 Å². The lowest BCUT2D eigenvalue weighted by Crippen LogP contribution is -1.96. The van der Waals surface area contributed by atoms with Crippen LogP contribution < -0.4 is 4.74 Å². The molecule has 82 valence electrons. The third kappa shape index (κ3) is 2.97. The van der Waals surface area contributed by atoms with Gasteiger partial charge in [0.1, 0.15) is 12.4 Å². The predicted molar refractivity (Wildman–Crippen MR) is 67.7 cm³/mol. The molecule has 1 aromatic heterocycles. The Hall–Kier alpha value is -1.06. The van der Waals surface area contributed by atoms with Crippen molar-refractivity contribution in [2.45, 2.75) is 6.61 Å². The molecule has 0 unspecified atom stereocenters. The van der Waals surface area contributed by atoms with Crippen LogP contribution in [-0.4, -0.2) is 4.98 Å². The van der Waals surface area contributed by atoms with Crippen molar-refractivity contribution in [3.63, 3.8) is 0 Å². The highest BCUT2D eigenvalue weighted by Crippen LogP contribution is 2.20. The molecule has 0 N–H and O–H groups in total. The van der Waals surface area contributed by atoms with Crippen LogP contribution in [0.2, 0.25) is 5.02 Å². The number of ether oxygens (including phenoxy) is 1. The average Bonchev–Trinajstić information content (AvgIpc) is 2.28. The Bertz CT molecular complexity index is 490. The van der Waals surface area contributed by atoms with Gasteiger partial charge in [-0.2, -0.15) is 0 Å². The second kappa shape index (κ2) is 5.32. The van der Waals surface area contributed by atoms with Gasteiger partial charge in [0.05, 0.1) is 6.20 Å². The molecule has 0 spiro atoms. The van der Waals surface area contributed by atoms with E-state index < -0.39 is 0 Å². The highest BCUT2D eigenvalue weighted by molar-refractivity contribution is 9.10. The van der Waals surface area contributed by atoms with Crippen molar-refractivity contribution in [1.29, 1.82) is 0 Å². The van der Waals surface area contributed by atoms with Crippen molar-refractivity contribution < 1.29 is 4.74 Å². The molecule has 0 amide bonds. The minimum Gasteiger partial charge on any atom is -0.487 e. The first-order valence-electron chi connectivity index (χ1n) is 4.72. The van der Waals surface area contributed by atoms with Gasteiger partial charge in [-0.3, -0.25) is 4.98 Å². The summed E-state index contributed by atoms with van der Waals surface area (Å²) in [5.74, 6) is 0.717. The molecule has 0 saturated heterocycles. The monoisotopic (exact) mass is 297 g/mol. The number of aromatic nitrogens is 1. The number of benzene rings is 1. The summed E-state index contributed by atoms with van der Waals surface area (Å²) >= 11 is 9.35. The zero-order valence-corrected chi connectivity index (χ0v) is 10.7. The number of hydrogen-bond acceptors (Lipinski definition) is 2. The normalized spacial score (nSPS) is 10.1. The summed E-state index contributed by atoms with van der Waals surface area (Å²) in [6.07, 6.45) is 3.38. The first kappa shape index (κ1) is 11.4. The minimum absolute atomic E-state index is 0.442. The predicted octanol–water partition coefficient (Wildman–Crippen LogP) is 4.08. The molecule has 0 aliphatic rings. The van der Waals surface area contributed by atoms with Crippen LogP contribution in [-0.2, 0) is 6.61 Å². The van der Waals surface area contributed by atoms with Crippen LogP contribution in [0.4, 0.5) is 0 Å². The number of hydrogen-bond donors (Lipinski definition) is 0. The number of halogens is 2. The van der Waals surface area contributed by atoms with E-state index in [1.807, 2.05) is 30.3 Å². The molecular weight excluding hydrogens is 289 g/mol. The molecule has 0 radical (unpaired) electrons. The van der Waals surface area contributed by atoms with Crippen LogP contribution in [0, 0.1) is 0 Å². The summed E-state index contributed by atoms with van der Waals surface area (Å²) in [6.45, 7) is 0.442.